The molecule has 0 saturated heterocycles. The third kappa shape index (κ3) is 4.23. The molecule has 5 nitrogen and oxygen atoms in total. The summed E-state index contributed by atoms with van der Waals surface area (Å²) in [5.74, 6) is 0.441. The van der Waals surface area contributed by atoms with E-state index in [0.29, 0.717) is 5.92 Å². The average molecular weight is 412 g/mol. The van der Waals surface area contributed by atoms with Crippen LogP contribution in [0.15, 0.2) is 48.7 Å². The maximum atomic E-state index is 12.4. The molecule has 0 atom stereocenters. The highest BCUT2D eigenvalue weighted by Crippen LogP contribution is 2.35. The van der Waals surface area contributed by atoms with Gasteiger partial charge >= 0.3 is 0 Å². The Bertz CT molecular complexity index is 1090. The highest BCUT2D eigenvalue weighted by atomic mass is 32.2. The maximum absolute atomic E-state index is 12.4. The van der Waals surface area contributed by atoms with Gasteiger partial charge in [-0.2, -0.15) is 0 Å². The van der Waals surface area contributed by atoms with E-state index in [1.165, 1.54) is 11.1 Å². The largest absolute Gasteiger partial charge is 0.358 e. The number of aromatic nitrogens is 2. The lowest BCUT2D eigenvalue weighted by Gasteiger charge is -2.31. The number of sulfonamides is 1. The van der Waals surface area contributed by atoms with Crippen LogP contribution in [0.4, 0.5) is 0 Å². The first kappa shape index (κ1) is 20.1. The lowest BCUT2D eigenvalue weighted by molar-refractivity contribution is 0.368. The molecule has 1 aliphatic carbocycles. The summed E-state index contributed by atoms with van der Waals surface area (Å²) in [6.07, 6.45) is 5.52. The lowest BCUT2D eigenvalue weighted by atomic mass is 9.84. The zero-order valence-electron chi connectivity index (χ0n) is 17.3. The molecule has 0 bridgehead atoms. The highest BCUT2D eigenvalue weighted by molar-refractivity contribution is 7.90. The molecule has 2 aromatic heterocycles. The fourth-order valence-electron chi connectivity index (χ4n) is 3.99. The molecule has 4 rings (SSSR count). The van der Waals surface area contributed by atoms with Crippen molar-refractivity contribution < 1.29 is 8.42 Å². The molecule has 2 heterocycles. The molecule has 0 amide bonds. The zero-order valence-corrected chi connectivity index (χ0v) is 18.1. The summed E-state index contributed by atoms with van der Waals surface area (Å²) in [4.78, 5) is 8.01. The van der Waals surface area contributed by atoms with Gasteiger partial charge in [0.1, 0.15) is 0 Å². The standard InChI is InChI=1S/C23H29N3O2S/c1-23(2,3)29(27,28)26-19-10-7-16(8-11-19)22-15-18-14-17(9-12-21(18)25-22)20-6-4-5-13-24-20/h4-6,9,12-16,19,25-26H,7-8,10-11H2,1-3H3. The van der Waals surface area contributed by atoms with Crippen LogP contribution in [-0.4, -0.2) is 29.2 Å². The Labute approximate surface area is 173 Å². The summed E-state index contributed by atoms with van der Waals surface area (Å²) in [7, 11) is -3.29. The van der Waals surface area contributed by atoms with Gasteiger partial charge in [-0.15, -0.1) is 0 Å². The number of rotatable bonds is 4. The SMILES string of the molecule is CC(C)(C)S(=O)(=O)NC1CCC(c2cc3cc(-c4ccccn4)ccc3[nH]2)CC1. The normalized spacial score (nSPS) is 20.8. The topological polar surface area (TPSA) is 74.8 Å². The van der Waals surface area contributed by atoms with Gasteiger partial charge < -0.3 is 4.98 Å². The molecule has 1 saturated carbocycles. The van der Waals surface area contributed by atoms with Gasteiger partial charge in [-0.25, -0.2) is 13.1 Å². The number of nitrogens with one attached hydrogen (secondary N) is 2. The van der Waals surface area contributed by atoms with Crippen molar-refractivity contribution in [1.29, 1.82) is 0 Å². The number of nitrogens with zero attached hydrogens (tertiary/aromatic N) is 1. The first-order valence-corrected chi connectivity index (χ1v) is 11.8. The van der Waals surface area contributed by atoms with E-state index < -0.39 is 14.8 Å². The molecule has 6 heteroatoms. The number of pyridine rings is 1. The summed E-state index contributed by atoms with van der Waals surface area (Å²) in [5.41, 5.74) is 4.47. The van der Waals surface area contributed by atoms with E-state index in [1.54, 1.807) is 20.8 Å². The fraction of sp³-hybridized carbons (Fsp3) is 0.435. The number of fused-ring (bicyclic) bond motifs is 1. The Morgan fingerprint density at radius 1 is 1.03 bits per heavy atom. The van der Waals surface area contributed by atoms with Crippen molar-refractivity contribution in [3.05, 3.63) is 54.4 Å². The van der Waals surface area contributed by atoms with Crippen LogP contribution in [0.25, 0.3) is 22.2 Å². The second-order valence-corrected chi connectivity index (χ2v) is 11.5. The van der Waals surface area contributed by atoms with E-state index in [-0.39, 0.29) is 6.04 Å². The molecule has 0 aliphatic heterocycles. The molecule has 0 unspecified atom stereocenters. The van der Waals surface area contributed by atoms with Crippen LogP contribution < -0.4 is 4.72 Å². The van der Waals surface area contributed by atoms with Crippen LogP contribution in [0.1, 0.15) is 58.1 Å². The Hall–Kier alpha value is -2.18. The van der Waals surface area contributed by atoms with E-state index in [9.17, 15) is 8.42 Å². The molecule has 1 aliphatic rings. The third-order valence-electron chi connectivity index (χ3n) is 5.90. The second kappa shape index (κ2) is 7.58. The van der Waals surface area contributed by atoms with Crippen molar-refractivity contribution in [3.63, 3.8) is 0 Å². The first-order valence-electron chi connectivity index (χ1n) is 10.3. The van der Waals surface area contributed by atoms with E-state index in [0.717, 1.165) is 42.5 Å². The number of hydrogen-bond acceptors (Lipinski definition) is 3. The van der Waals surface area contributed by atoms with Gasteiger partial charge in [-0.05, 0) is 82.7 Å². The minimum Gasteiger partial charge on any atom is -0.358 e. The monoisotopic (exact) mass is 411 g/mol. The van der Waals surface area contributed by atoms with E-state index >= 15 is 0 Å². The Balaban J connectivity index is 1.46. The minimum atomic E-state index is -3.29. The van der Waals surface area contributed by atoms with Crippen molar-refractivity contribution in [2.45, 2.75) is 63.2 Å². The number of hydrogen-bond donors (Lipinski definition) is 2. The number of H-pyrrole nitrogens is 1. The lowest BCUT2D eigenvalue weighted by Crippen LogP contribution is -2.45. The summed E-state index contributed by atoms with van der Waals surface area (Å²) < 4.78 is 27.0. The van der Waals surface area contributed by atoms with Gasteiger partial charge in [-0.1, -0.05) is 12.1 Å². The van der Waals surface area contributed by atoms with E-state index in [4.69, 9.17) is 0 Å². The molecule has 2 N–H and O–H groups in total. The van der Waals surface area contributed by atoms with Crippen molar-refractivity contribution >= 4 is 20.9 Å². The van der Waals surface area contributed by atoms with Gasteiger partial charge in [0.25, 0.3) is 0 Å². The highest BCUT2D eigenvalue weighted by Gasteiger charge is 2.33. The van der Waals surface area contributed by atoms with Gasteiger partial charge in [0, 0.05) is 34.4 Å². The molecule has 1 fully saturated rings. The van der Waals surface area contributed by atoms with Gasteiger partial charge in [0.05, 0.1) is 10.4 Å². The molecule has 3 aromatic rings. The molecule has 0 spiro atoms. The zero-order chi connectivity index (χ0) is 20.6. The summed E-state index contributed by atoms with van der Waals surface area (Å²) in [6, 6.07) is 14.6. The predicted molar refractivity (Wildman–Crippen MR) is 118 cm³/mol. The molecule has 0 radical (unpaired) electrons. The smallest absolute Gasteiger partial charge is 0.216 e. The average Bonchev–Trinajstić information content (AvgIpc) is 3.11. The predicted octanol–water partition coefficient (Wildman–Crippen LogP) is 4.97. The van der Waals surface area contributed by atoms with Crippen LogP contribution in [0.2, 0.25) is 0 Å². The van der Waals surface area contributed by atoms with Crippen molar-refractivity contribution in [1.82, 2.24) is 14.7 Å². The van der Waals surface area contributed by atoms with Crippen LogP contribution in [0.5, 0.6) is 0 Å². The summed E-state index contributed by atoms with van der Waals surface area (Å²) in [5, 5.41) is 1.19. The quantitative estimate of drug-likeness (QED) is 0.636. The maximum Gasteiger partial charge on any atom is 0.216 e. The Morgan fingerprint density at radius 2 is 1.79 bits per heavy atom. The molecule has 154 valence electrons. The van der Waals surface area contributed by atoms with Crippen molar-refractivity contribution in [2.24, 2.45) is 0 Å². The van der Waals surface area contributed by atoms with Crippen LogP contribution in [-0.2, 0) is 10.0 Å². The van der Waals surface area contributed by atoms with Crippen LogP contribution in [0, 0.1) is 0 Å². The van der Waals surface area contributed by atoms with Gasteiger partial charge in [0.2, 0.25) is 10.0 Å². The molecule has 1 aromatic carbocycles. The van der Waals surface area contributed by atoms with E-state index in [2.05, 4.69) is 39.0 Å². The third-order valence-corrected chi connectivity index (χ3v) is 8.15. The van der Waals surface area contributed by atoms with Crippen molar-refractivity contribution in [3.8, 4) is 11.3 Å². The van der Waals surface area contributed by atoms with E-state index in [1.807, 2.05) is 24.4 Å². The number of benzene rings is 1. The van der Waals surface area contributed by atoms with Crippen LogP contribution in [0.3, 0.4) is 0 Å². The Kier molecular flexibility index (Phi) is 5.25. The number of aromatic amines is 1. The molecular weight excluding hydrogens is 382 g/mol. The summed E-state index contributed by atoms with van der Waals surface area (Å²) >= 11 is 0. The van der Waals surface area contributed by atoms with Gasteiger partial charge in [0.15, 0.2) is 0 Å². The Morgan fingerprint density at radius 3 is 2.45 bits per heavy atom. The second-order valence-electron chi connectivity index (χ2n) is 9.02. The minimum absolute atomic E-state index is 0.0376. The van der Waals surface area contributed by atoms with Crippen molar-refractivity contribution in [2.75, 3.05) is 0 Å². The molecular formula is C23H29N3O2S. The van der Waals surface area contributed by atoms with Gasteiger partial charge in [-0.3, -0.25) is 4.98 Å². The van der Waals surface area contributed by atoms with Crippen LogP contribution >= 0.6 is 0 Å². The fourth-order valence-corrected chi connectivity index (χ4v) is 5.01. The first-order chi connectivity index (χ1) is 13.7. The molecule has 29 heavy (non-hydrogen) atoms. The summed E-state index contributed by atoms with van der Waals surface area (Å²) in [6.45, 7) is 5.22.